The molecule has 1 fully saturated rings. The number of hydrogen-bond donors (Lipinski definition) is 6. The number of aliphatic hydroxyl groups excluding tert-OH is 5. The lowest BCUT2D eigenvalue weighted by molar-refractivity contribution is -0.305. The Morgan fingerprint density at radius 2 is 0.867 bits per heavy atom. The van der Waals surface area contributed by atoms with Crippen LogP contribution in [0.25, 0.3) is 0 Å². The Morgan fingerprint density at radius 1 is 0.482 bits per heavy atom. The Labute approximate surface area is 509 Å². The van der Waals surface area contributed by atoms with Crippen LogP contribution in [0.4, 0.5) is 0 Å². The summed E-state index contributed by atoms with van der Waals surface area (Å²) in [6, 6.07) is -1.06. The molecule has 6 N–H and O–H groups in total. The van der Waals surface area contributed by atoms with E-state index in [9.17, 15) is 35.1 Å². The first kappa shape index (κ1) is 78.1. The predicted molar refractivity (Wildman–Crippen MR) is 347 cm³/mol. The average Bonchev–Trinajstić information content (AvgIpc) is 3.67. The second-order valence-corrected chi connectivity index (χ2v) is 23.9. The molecule has 0 saturated carbocycles. The van der Waals surface area contributed by atoms with Crippen LogP contribution >= 0.6 is 0 Å². The maximum absolute atomic E-state index is 13.4. The summed E-state index contributed by atoms with van der Waals surface area (Å²) < 4.78 is 17.7. The molecule has 0 spiro atoms. The number of aliphatic hydroxyl groups is 5. The van der Waals surface area contributed by atoms with Crippen molar-refractivity contribution in [2.45, 2.75) is 359 Å². The summed E-state index contributed by atoms with van der Waals surface area (Å²) in [5, 5.41) is 57.1. The lowest BCUT2D eigenvalue weighted by Crippen LogP contribution is -2.61. The molecule has 1 rings (SSSR count). The fourth-order valence-corrected chi connectivity index (χ4v) is 10.7. The predicted octanol–water partition coefficient (Wildman–Crippen LogP) is 17.5. The molecule has 1 heterocycles. The van der Waals surface area contributed by atoms with Gasteiger partial charge in [-0.15, -0.1) is 0 Å². The van der Waals surface area contributed by atoms with Crippen molar-refractivity contribution in [1.29, 1.82) is 0 Å². The highest BCUT2D eigenvalue weighted by Crippen LogP contribution is 2.26. The number of hydrogen-bond acceptors (Lipinski definition) is 10. The van der Waals surface area contributed by atoms with E-state index in [-0.39, 0.29) is 19.4 Å². The minimum absolute atomic E-state index is 0.119. The summed E-state index contributed by atoms with van der Waals surface area (Å²) in [6.07, 6.45) is 66.8. The van der Waals surface area contributed by atoms with Gasteiger partial charge in [-0.2, -0.15) is 0 Å². The van der Waals surface area contributed by atoms with Crippen LogP contribution in [-0.4, -0.2) is 99.6 Å². The zero-order valence-electron chi connectivity index (χ0n) is 53.6. The topological polar surface area (TPSA) is 175 Å². The summed E-state index contributed by atoms with van der Waals surface area (Å²) in [4.78, 5) is 26.6. The fourth-order valence-electron chi connectivity index (χ4n) is 10.7. The van der Waals surface area contributed by atoms with E-state index in [1.807, 2.05) is 18.2 Å². The van der Waals surface area contributed by atoms with Crippen molar-refractivity contribution in [3.8, 4) is 0 Å². The van der Waals surface area contributed by atoms with Gasteiger partial charge in [0.2, 0.25) is 5.91 Å². The first-order valence-electron chi connectivity index (χ1n) is 34.7. The van der Waals surface area contributed by atoms with Gasteiger partial charge in [0.05, 0.1) is 25.4 Å². The molecule has 0 bridgehead atoms. The second kappa shape index (κ2) is 59.4. The number of unbranched alkanes of at least 4 members (excludes halogenated alkanes) is 35. The molecule has 8 unspecified atom stereocenters. The van der Waals surface area contributed by atoms with Crippen molar-refractivity contribution in [3.05, 3.63) is 72.9 Å². The van der Waals surface area contributed by atoms with Gasteiger partial charge in [0.15, 0.2) is 12.4 Å². The SMILES string of the molecule is CC/C=C\C/C=C\C/C=C\C/C=C\C/C=C\CCC(O)C(=O)NC(COC1OC(CO)C(O)C(O)C1OC(=O)CCCCCCCCCCCCCCCCCCCCCCCCCCC)C(O)/C=C/CCCCCCCCCCCCC. The van der Waals surface area contributed by atoms with Gasteiger partial charge in [-0.3, -0.25) is 9.59 Å². The van der Waals surface area contributed by atoms with Gasteiger partial charge in [-0.1, -0.05) is 312 Å². The Bertz CT molecular complexity index is 1630. The van der Waals surface area contributed by atoms with E-state index in [2.05, 4.69) is 74.7 Å². The smallest absolute Gasteiger partial charge is 0.306 e. The van der Waals surface area contributed by atoms with Gasteiger partial charge in [-0.05, 0) is 64.2 Å². The summed E-state index contributed by atoms with van der Waals surface area (Å²) >= 11 is 0. The van der Waals surface area contributed by atoms with Crippen LogP contribution in [0.1, 0.15) is 310 Å². The third kappa shape index (κ3) is 46.9. The molecule has 1 amide bonds. The maximum atomic E-state index is 13.4. The van der Waals surface area contributed by atoms with Crippen molar-refractivity contribution in [2.24, 2.45) is 0 Å². The summed E-state index contributed by atoms with van der Waals surface area (Å²) in [7, 11) is 0. The van der Waals surface area contributed by atoms with Crippen LogP contribution in [0.2, 0.25) is 0 Å². The molecule has 0 radical (unpaired) electrons. The molecule has 1 aliphatic heterocycles. The maximum Gasteiger partial charge on any atom is 0.306 e. The number of ether oxygens (including phenoxy) is 3. The van der Waals surface area contributed by atoms with E-state index >= 15 is 0 Å². The van der Waals surface area contributed by atoms with Gasteiger partial charge in [-0.25, -0.2) is 0 Å². The first-order valence-corrected chi connectivity index (χ1v) is 34.7. The molecule has 0 aromatic heterocycles. The van der Waals surface area contributed by atoms with Crippen molar-refractivity contribution >= 4 is 11.9 Å². The van der Waals surface area contributed by atoms with E-state index in [1.165, 1.54) is 186 Å². The lowest BCUT2D eigenvalue weighted by atomic mass is 9.99. The average molecular weight is 1170 g/mol. The largest absolute Gasteiger partial charge is 0.454 e. The fraction of sp³-hybridized carbons (Fsp3) is 0.806. The molecular formula is C72H129NO10. The molecular weight excluding hydrogens is 1040 g/mol. The third-order valence-electron chi connectivity index (χ3n) is 16.1. The Balaban J connectivity index is 2.60. The molecule has 8 atom stereocenters. The Hall–Kier alpha value is -2.90. The van der Waals surface area contributed by atoms with E-state index in [0.29, 0.717) is 12.8 Å². The van der Waals surface area contributed by atoms with Crippen molar-refractivity contribution in [3.63, 3.8) is 0 Å². The number of esters is 1. The van der Waals surface area contributed by atoms with E-state index in [4.69, 9.17) is 14.2 Å². The normalized spacial score (nSPS) is 19.0. The molecule has 0 aromatic carbocycles. The van der Waals surface area contributed by atoms with Crippen LogP contribution in [0, 0.1) is 0 Å². The molecule has 11 heteroatoms. The number of carbonyl (C=O) groups is 2. The van der Waals surface area contributed by atoms with Gasteiger partial charge >= 0.3 is 5.97 Å². The van der Waals surface area contributed by atoms with Crippen LogP contribution in [0.5, 0.6) is 0 Å². The number of allylic oxidation sites excluding steroid dienone is 11. The van der Waals surface area contributed by atoms with Crippen LogP contribution in [-0.2, 0) is 23.8 Å². The number of carbonyl (C=O) groups excluding carboxylic acids is 2. The van der Waals surface area contributed by atoms with Gasteiger partial charge in [0, 0.05) is 6.42 Å². The molecule has 0 aromatic rings. The van der Waals surface area contributed by atoms with E-state index in [1.54, 1.807) is 6.08 Å². The Morgan fingerprint density at radius 3 is 1.28 bits per heavy atom. The van der Waals surface area contributed by atoms with Crippen LogP contribution in [0.15, 0.2) is 72.9 Å². The standard InChI is InChI=1S/C72H129NO10/c1-4-7-10-13-16-19-22-25-27-29-30-31-32-33-34-35-36-37-39-42-45-48-51-54-57-60-67(77)83-70-69(79)68(78)66(61-74)82-72(70)81-62-63(64(75)58-55-52-49-46-43-40-24-21-18-15-12-9-6-3)73-71(80)65(76)59-56-53-50-47-44-41-38-28-26-23-20-17-14-11-8-5-2/h8,11,17,20,26,28,41,44,50,53,55,58,63-66,68-70,72,74-76,78-79H,4-7,9-10,12-16,18-19,21-25,27,29-40,42-43,45-49,51-52,54,56-57,59-62H2,1-3H3,(H,73,80)/b11-8-,20-17-,28-26-,44-41-,53-50-,58-55+. The zero-order valence-corrected chi connectivity index (χ0v) is 53.6. The molecule has 0 aliphatic carbocycles. The van der Waals surface area contributed by atoms with Gasteiger partial charge in [0.1, 0.15) is 24.4 Å². The highest BCUT2D eigenvalue weighted by atomic mass is 16.7. The molecule has 1 saturated heterocycles. The van der Waals surface area contributed by atoms with Gasteiger partial charge in [0.25, 0.3) is 0 Å². The monoisotopic (exact) mass is 1170 g/mol. The summed E-state index contributed by atoms with van der Waals surface area (Å²) in [5.74, 6) is -1.25. The number of amides is 1. The highest BCUT2D eigenvalue weighted by Gasteiger charge is 2.47. The number of rotatable bonds is 59. The number of nitrogens with one attached hydrogen (secondary N) is 1. The van der Waals surface area contributed by atoms with Crippen molar-refractivity contribution in [2.75, 3.05) is 13.2 Å². The molecule has 1 aliphatic rings. The third-order valence-corrected chi connectivity index (χ3v) is 16.1. The molecule has 11 nitrogen and oxygen atoms in total. The van der Waals surface area contributed by atoms with Crippen LogP contribution < -0.4 is 5.32 Å². The summed E-state index contributed by atoms with van der Waals surface area (Å²) in [5.41, 5.74) is 0. The summed E-state index contributed by atoms with van der Waals surface area (Å²) in [6.45, 7) is 5.68. The lowest BCUT2D eigenvalue weighted by Gasteiger charge is -2.41. The Kier molecular flexibility index (Phi) is 55.9. The van der Waals surface area contributed by atoms with Gasteiger partial charge < -0.3 is 45.1 Å². The van der Waals surface area contributed by atoms with Crippen LogP contribution in [0.3, 0.4) is 0 Å². The second-order valence-electron chi connectivity index (χ2n) is 23.9. The van der Waals surface area contributed by atoms with Crippen molar-refractivity contribution in [1.82, 2.24) is 5.32 Å². The van der Waals surface area contributed by atoms with Crippen molar-refractivity contribution < 1.29 is 49.3 Å². The van der Waals surface area contributed by atoms with E-state index in [0.717, 1.165) is 77.0 Å². The minimum Gasteiger partial charge on any atom is -0.454 e. The molecule has 482 valence electrons. The minimum atomic E-state index is -1.62. The highest BCUT2D eigenvalue weighted by molar-refractivity contribution is 5.80. The first-order chi connectivity index (χ1) is 40.7. The zero-order chi connectivity index (χ0) is 60.3. The molecule has 83 heavy (non-hydrogen) atoms. The van der Waals surface area contributed by atoms with E-state index < -0.39 is 67.4 Å². The quantitative estimate of drug-likeness (QED) is 0.0195.